The van der Waals surface area contributed by atoms with Crippen molar-refractivity contribution < 1.29 is 14.3 Å². The van der Waals surface area contributed by atoms with E-state index in [1.807, 2.05) is 84.4 Å². The molecule has 2 heterocycles. The Morgan fingerprint density at radius 1 is 1.05 bits per heavy atom. The molecule has 202 valence electrons. The molecule has 1 fully saturated rings. The average molecular weight is 583 g/mol. The fourth-order valence-electron chi connectivity index (χ4n) is 4.48. The number of aromatic nitrogens is 2. The molecule has 1 unspecified atom stereocenters. The van der Waals surface area contributed by atoms with Crippen molar-refractivity contribution >= 4 is 33.6 Å². The van der Waals surface area contributed by atoms with Crippen LogP contribution in [0.4, 0.5) is 10.5 Å². The zero-order valence-electron chi connectivity index (χ0n) is 22.9. The third-order valence-electron chi connectivity index (χ3n) is 6.57. The highest BCUT2D eigenvalue weighted by Crippen LogP contribution is 2.28. The fraction of sp³-hybridized carbons (Fsp3) is 0.414. The Bertz CT molecular complexity index is 1320. The van der Waals surface area contributed by atoms with E-state index < -0.39 is 5.60 Å². The van der Waals surface area contributed by atoms with Gasteiger partial charge in [0.1, 0.15) is 5.60 Å². The maximum Gasteiger partial charge on any atom is 0.410 e. The molecule has 9 heteroatoms. The number of nitrogens with one attached hydrogen (secondary N) is 1. The Kier molecular flexibility index (Phi) is 8.16. The van der Waals surface area contributed by atoms with E-state index in [1.54, 1.807) is 9.58 Å². The molecule has 1 aliphatic rings. The molecule has 0 saturated carbocycles. The molecule has 0 bridgehead atoms. The number of ether oxygens (including phenoxy) is 1. The largest absolute Gasteiger partial charge is 0.444 e. The van der Waals surface area contributed by atoms with Crippen LogP contribution in [-0.2, 0) is 11.8 Å². The highest BCUT2D eigenvalue weighted by molar-refractivity contribution is 9.10. The highest BCUT2D eigenvalue weighted by Gasteiger charge is 2.26. The molecule has 0 radical (unpaired) electrons. The predicted molar refractivity (Wildman–Crippen MR) is 153 cm³/mol. The number of halogens is 1. The third kappa shape index (κ3) is 6.75. The molecular formula is C29H36BrN5O3. The van der Waals surface area contributed by atoms with Crippen molar-refractivity contribution in [1.29, 1.82) is 0 Å². The zero-order valence-corrected chi connectivity index (χ0v) is 24.5. The second-order valence-electron chi connectivity index (χ2n) is 10.8. The molecule has 2 aromatic carbocycles. The summed E-state index contributed by atoms with van der Waals surface area (Å²) in [6.07, 6.45) is 3.52. The number of nitrogens with zero attached hydrogens (tertiary/aromatic N) is 4. The van der Waals surface area contributed by atoms with Crippen molar-refractivity contribution in [2.24, 2.45) is 7.05 Å². The van der Waals surface area contributed by atoms with Crippen molar-refractivity contribution in [1.82, 2.24) is 20.0 Å². The number of carbonyl (C=O) groups excluding carboxylic acids is 2. The number of piperazine rings is 1. The number of anilines is 1. The van der Waals surface area contributed by atoms with Crippen LogP contribution in [0.1, 0.15) is 55.2 Å². The van der Waals surface area contributed by atoms with Crippen LogP contribution in [0, 0.1) is 6.92 Å². The second-order valence-corrected chi connectivity index (χ2v) is 11.7. The molecule has 38 heavy (non-hydrogen) atoms. The van der Waals surface area contributed by atoms with Gasteiger partial charge in [-0.15, -0.1) is 0 Å². The monoisotopic (exact) mass is 581 g/mol. The van der Waals surface area contributed by atoms with Crippen LogP contribution in [0.2, 0.25) is 0 Å². The Hall–Kier alpha value is -3.33. The topological polar surface area (TPSA) is 79.7 Å². The van der Waals surface area contributed by atoms with Crippen LogP contribution in [0.5, 0.6) is 0 Å². The fourth-order valence-corrected chi connectivity index (χ4v) is 4.99. The highest BCUT2D eigenvalue weighted by atomic mass is 79.9. The Morgan fingerprint density at radius 3 is 2.39 bits per heavy atom. The van der Waals surface area contributed by atoms with E-state index in [2.05, 4.69) is 37.3 Å². The standard InChI is InChI=1S/C29H36BrN5O3/c1-19-7-8-25(34-9-11-35(12-10-34)28(37)38-29(3,4)5)16-26(19)27(36)32-20(2)21-13-22(15-24(30)14-21)23-17-31-33(6)18-23/h7-8,13-18,20H,9-12H2,1-6H3,(H,32,36). The minimum atomic E-state index is -0.513. The summed E-state index contributed by atoms with van der Waals surface area (Å²) in [4.78, 5) is 29.7. The van der Waals surface area contributed by atoms with Crippen LogP contribution in [0.25, 0.3) is 11.1 Å². The second kappa shape index (κ2) is 11.2. The smallest absolute Gasteiger partial charge is 0.410 e. The minimum Gasteiger partial charge on any atom is -0.444 e. The van der Waals surface area contributed by atoms with E-state index >= 15 is 0 Å². The first-order valence-electron chi connectivity index (χ1n) is 12.8. The number of rotatable bonds is 5. The van der Waals surface area contributed by atoms with Gasteiger partial charge in [-0.05, 0) is 81.6 Å². The van der Waals surface area contributed by atoms with Crippen LogP contribution >= 0.6 is 15.9 Å². The Morgan fingerprint density at radius 2 is 1.76 bits per heavy atom. The average Bonchev–Trinajstić information content (AvgIpc) is 3.29. The van der Waals surface area contributed by atoms with Crippen molar-refractivity contribution in [3.05, 3.63) is 70.0 Å². The molecule has 2 amide bonds. The van der Waals surface area contributed by atoms with E-state index in [9.17, 15) is 9.59 Å². The third-order valence-corrected chi connectivity index (χ3v) is 7.03. The van der Waals surface area contributed by atoms with Gasteiger partial charge in [-0.25, -0.2) is 4.79 Å². The molecule has 1 saturated heterocycles. The number of benzene rings is 2. The molecule has 8 nitrogen and oxygen atoms in total. The van der Waals surface area contributed by atoms with E-state index in [4.69, 9.17) is 4.74 Å². The van der Waals surface area contributed by atoms with Crippen molar-refractivity contribution in [3.8, 4) is 11.1 Å². The summed E-state index contributed by atoms with van der Waals surface area (Å²) in [5.74, 6) is -0.118. The molecule has 1 atom stereocenters. The normalized spacial score (nSPS) is 14.8. The summed E-state index contributed by atoms with van der Waals surface area (Å²) in [7, 11) is 1.89. The van der Waals surface area contributed by atoms with E-state index in [0.29, 0.717) is 31.7 Å². The number of amides is 2. The lowest BCUT2D eigenvalue weighted by atomic mass is 10.0. The van der Waals surface area contributed by atoms with Crippen molar-refractivity contribution in [2.75, 3.05) is 31.1 Å². The number of carbonyl (C=O) groups is 2. The molecule has 1 aromatic heterocycles. The number of aryl methyl sites for hydroxylation is 2. The van der Waals surface area contributed by atoms with Crippen LogP contribution in [-0.4, -0.2) is 58.5 Å². The van der Waals surface area contributed by atoms with Crippen molar-refractivity contribution in [3.63, 3.8) is 0 Å². The molecule has 1 N–H and O–H groups in total. The Labute approximate surface area is 233 Å². The van der Waals surface area contributed by atoms with E-state index in [-0.39, 0.29) is 18.0 Å². The van der Waals surface area contributed by atoms with Gasteiger partial charge in [-0.3, -0.25) is 9.48 Å². The lowest BCUT2D eigenvalue weighted by Crippen LogP contribution is -2.50. The first-order chi connectivity index (χ1) is 17.9. The van der Waals surface area contributed by atoms with Crippen LogP contribution < -0.4 is 10.2 Å². The summed E-state index contributed by atoms with van der Waals surface area (Å²) in [6.45, 7) is 12.0. The van der Waals surface area contributed by atoms with Gasteiger partial charge in [0.15, 0.2) is 0 Å². The summed E-state index contributed by atoms with van der Waals surface area (Å²) in [6, 6.07) is 11.9. The molecule has 0 spiro atoms. The van der Waals surface area contributed by atoms with Crippen LogP contribution in [0.15, 0.2) is 53.3 Å². The van der Waals surface area contributed by atoms with E-state index in [1.165, 1.54) is 0 Å². The van der Waals surface area contributed by atoms with Gasteiger partial charge in [0, 0.05) is 60.7 Å². The molecule has 4 rings (SSSR count). The van der Waals surface area contributed by atoms with Crippen LogP contribution in [0.3, 0.4) is 0 Å². The number of hydrogen-bond acceptors (Lipinski definition) is 5. The van der Waals surface area contributed by atoms with Gasteiger partial charge in [-0.2, -0.15) is 5.10 Å². The van der Waals surface area contributed by atoms with Gasteiger partial charge in [0.2, 0.25) is 0 Å². The van der Waals surface area contributed by atoms with E-state index in [0.717, 1.165) is 32.4 Å². The Balaban J connectivity index is 1.44. The van der Waals surface area contributed by atoms with Gasteiger partial charge >= 0.3 is 6.09 Å². The summed E-state index contributed by atoms with van der Waals surface area (Å²) < 4.78 is 8.22. The first-order valence-corrected chi connectivity index (χ1v) is 13.6. The van der Waals surface area contributed by atoms with Gasteiger partial charge < -0.3 is 19.9 Å². The quantitative estimate of drug-likeness (QED) is 0.417. The SMILES string of the molecule is Cc1ccc(N2CCN(C(=O)OC(C)(C)C)CC2)cc1C(=O)NC(C)c1cc(Br)cc(-c2cnn(C)c2)c1. The molecular weight excluding hydrogens is 546 g/mol. The predicted octanol–water partition coefficient (Wildman–Crippen LogP) is 5.71. The molecule has 1 aliphatic heterocycles. The van der Waals surface area contributed by atoms with Crippen molar-refractivity contribution in [2.45, 2.75) is 46.3 Å². The summed E-state index contributed by atoms with van der Waals surface area (Å²) >= 11 is 3.61. The lowest BCUT2D eigenvalue weighted by molar-refractivity contribution is 0.0240. The summed E-state index contributed by atoms with van der Waals surface area (Å²) in [5.41, 5.74) is 5.07. The zero-order chi connectivity index (χ0) is 27.6. The lowest BCUT2D eigenvalue weighted by Gasteiger charge is -2.37. The van der Waals surface area contributed by atoms with Gasteiger partial charge in [0.25, 0.3) is 5.91 Å². The minimum absolute atomic E-state index is 0.118. The molecule has 3 aromatic rings. The summed E-state index contributed by atoms with van der Waals surface area (Å²) in [5, 5.41) is 7.44. The molecule has 0 aliphatic carbocycles. The number of hydrogen-bond donors (Lipinski definition) is 1. The maximum absolute atomic E-state index is 13.4. The maximum atomic E-state index is 13.4. The van der Waals surface area contributed by atoms with Gasteiger partial charge in [0.05, 0.1) is 12.2 Å². The first kappa shape index (κ1) is 27.7. The van der Waals surface area contributed by atoms with Gasteiger partial charge in [-0.1, -0.05) is 22.0 Å².